The molecule has 0 amide bonds. The second kappa shape index (κ2) is 9.42. The zero-order chi connectivity index (χ0) is 25.4. The molecule has 4 aromatic heterocycles. The van der Waals surface area contributed by atoms with Crippen LogP contribution >= 0.6 is 0 Å². The van der Waals surface area contributed by atoms with Crippen LogP contribution in [0.2, 0.25) is 0 Å². The van der Waals surface area contributed by atoms with Crippen molar-refractivity contribution < 1.29 is 13.9 Å². The minimum atomic E-state index is -2.71. The Morgan fingerprint density at radius 3 is 2.58 bits per heavy atom. The number of fused-ring (bicyclic) bond motifs is 1. The van der Waals surface area contributed by atoms with Crippen LogP contribution in [-0.4, -0.2) is 39.6 Å². The molecule has 1 atom stereocenters. The van der Waals surface area contributed by atoms with Crippen LogP contribution < -0.4 is 5.32 Å². The molecule has 0 aliphatic carbocycles. The molecule has 5 rings (SSSR count). The summed E-state index contributed by atoms with van der Waals surface area (Å²) in [6.45, 7) is 5.32. The van der Waals surface area contributed by atoms with Gasteiger partial charge in [-0.25, -0.2) is 23.4 Å². The Morgan fingerprint density at radius 1 is 1.06 bits per heavy atom. The maximum Gasteiger partial charge on any atom is 0.282 e. The van der Waals surface area contributed by atoms with E-state index >= 15 is 0 Å². The minimum absolute atomic E-state index is 0.296. The fourth-order valence-electron chi connectivity index (χ4n) is 3.95. The van der Waals surface area contributed by atoms with E-state index in [0.717, 1.165) is 22.4 Å². The quantitative estimate of drug-likeness (QED) is 0.331. The van der Waals surface area contributed by atoms with E-state index in [4.69, 9.17) is 4.98 Å². The summed E-state index contributed by atoms with van der Waals surface area (Å²) in [5.74, 6) is 1.43. The van der Waals surface area contributed by atoms with Crippen molar-refractivity contribution in [2.45, 2.75) is 39.7 Å². The molecule has 1 unspecified atom stereocenters. The summed E-state index contributed by atoms with van der Waals surface area (Å²) < 4.78 is 29.9. The first-order valence-corrected chi connectivity index (χ1v) is 11.4. The van der Waals surface area contributed by atoms with Gasteiger partial charge in [-0.05, 0) is 68.8 Å². The number of pyridine rings is 1. The first-order chi connectivity index (χ1) is 17.3. The number of imidazole rings is 1. The van der Waals surface area contributed by atoms with Gasteiger partial charge < -0.3 is 10.4 Å². The molecule has 11 heteroatoms. The fraction of sp³-hybridized carbons (Fsp3) is 0.240. The van der Waals surface area contributed by atoms with E-state index in [9.17, 15) is 13.9 Å². The molecular weight excluding hydrogens is 466 g/mol. The second-order valence-electron chi connectivity index (χ2n) is 8.39. The monoisotopic (exact) mass is 490 g/mol. The molecule has 5 aromatic rings. The lowest BCUT2D eigenvalue weighted by atomic mass is 10.1. The van der Waals surface area contributed by atoms with E-state index in [1.165, 1.54) is 10.7 Å². The predicted molar refractivity (Wildman–Crippen MR) is 131 cm³/mol. The number of nitrogens with one attached hydrogen (secondary N) is 1. The van der Waals surface area contributed by atoms with Crippen LogP contribution in [0.1, 0.15) is 49.0 Å². The smallest absolute Gasteiger partial charge is 0.282 e. The Morgan fingerprint density at radius 2 is 1.89 bits per heavy atom. The Hall–Kier alpha value is -4.25. The Bertz CT molecular complexity index is 1530. The molecule has 4 heterocycles. The molecule has 1 aromatic carbocycles. The van der Waals surface area contributed by atoms with Gasteiger partial charge in [-0.3, -0.25) is 4.57 Å². The van der Waals surface area contributed by atoms with Gasteiger partial charge in [0, 0.05) is 16.9 Å². The highest BCUT2D eigenvalue weighted by molar-refractivity contribution is 5.82. The number of aromatic nitrogens is 7. The second-order valence-corrected chi connectivity index (χ2v) is 8.39. The number of aliphatic hydroxyl groups is 1. The van der Waals surface area contributed by atoms with Gasteiger partial charge in [0.25, 0.3) is 6.43 Å². The number of halogens is 2. The highest BCUT2D eigenvalue weighted by atomic mass is 19.3. The molecule has 0 aliphatic rings. The molecule has 0 bridgehead atoms. The number of hydrogen-bond donors (Lipinski definition) is 2. The summed E-state index contributed by atoms with van der Waals surface area (Å²) in [6.07, 6.45) is -1.47. The number of rotatable bonds is 7. The van der Waals surface area contributed by atoms with Crippen molar-refractivity contribution in [2.75, 3.05) is 5.32 Å². The minimum Gasteiger partial charge on any atom is -0.389 e. The van der Waals surface area contributed by atoms with Crippen molar-refractivity contribution in [1.29, 1.82) is 0 Å². The molecule has 0 aliphatic heterocycles. The van der Waals surface area contributed by atoms with Gasteiger partial charge in [0.2, 0.25) is 0 Å². The largest absolute Gasteiger partial charge is 0.389 e. The highest BCUT2D eigenvalue weighted by Gasteiger charge is 2.21. The molecule has 184 valence electrons. The van der Waals surface area contributed by atoms with Gasteiger partial charge in [-0.2, -0.15) is 10.2 Å². The number of nitrogens with zero attached hydrogens (tertiary/aromatic N) is 7. The normalized spacial score (nSPS) is 12.4. The highest BCUT2D eigenvalue weighted by Crippen LogP contribution is 2.28. The lowest BCUT2D eigenvalue weighted by molar-refractivity contribution is 0.145. The van der Waals surface area contributed by atoms with E-state index in [1.807, 2.05) is 44.2 Å². The molecule has 0 fully saturated rings. The maximum atomic E-state index is 13.4. The van der Waals surface area contributed by atoms with Crippen LogP contribution in [-0.2, 0) is 6.42 Å². The third-order valence-electron chi connectivity index (χ3n) is 5.79. The zero-order valence-corrected chi connectivity index (χ0v) is 19.9. The van der Waals surface area contributed by atoms with Crippen molar-refractivity contribution in [3.8, 4) is 11.6 Å². The Labute approximate surface area is 205 Å². The average molecular weight is 491 g/mol. The SMILES string of the molecule is CCc1cc(C(F)F)nn1-c1nc(-n2cnc3cc(Nc4ccc(C)nn4)ccc32)ccc1C(C)O. The lowest BCUT2D eigenvalue weighted by Crippen LogP contribution is -2.12. The predicted octanol–water partition coefficient (Wildman–Crippen LogP) is 5.00. The molecular formula is C25H24F2N8O. The third-order valence-corrected chi connectivity index (χ3v) is 5.79. The summed E-state index contributed by atoms with van der Waals surface area (Å²) in [4.78, 5) is 9.23. The maximum absolute atomic E-state index is 13.4. The van der Waals surface area contributed by atoms with Crippen LogP contribution in [0.4, 0.5) is 20.3 Å². The number of aryl methyl sites for hydroxylation is 2. The molecule has 0 spiro atoms. The lowest BCUT2D eigenvalue weighted by Gasteiger charge is -2.15. The number of aliphatic hydroxyl groups excluding tert-OH is 1. The number of benzene rings is 1. The first-order valence-electron chi connectivity index (χ1n) is 11.4. The molecule has 2 N–H and O–H groups in total. The van der Waals surface area contributed by atoms with Crippen molar-refractivity contribution in [1.82, 2.24) is 34.5 Å². The van der Waals surface area contributed by atoms with Gasteiger partial charge in [0.1, 0.15) is 17.8 Å². The van der Waals surface area contributed by atoms with E-state index in [2.05, 4.69) is 25.6 Å². The topological polar surface area (TPSA) is 107 Å². The number of anilines is 2. The van der Waals surface area contributed by atoms with Crippen LogP contribution in [0.15, 0.2) is 54.9 Å². The van der Waals surface area contributed by atoms with E-state index in [1.54, 1.807) is 30.0 Å². The summed E-state index contributed by atoms with van der Waals surface area (Å²) in [6, 6.07) is 14.2. The standard InChI is InChI=1S/C25H24F2N8O/c1-4-17-12-20(24(26)27)33-35(17)25-18(15(3)36)7-10-23(30-25)34-13-28-19-11-16(6-8-21(19)34)29-22-9-5-14(2)31-32-22/h5-13,15,24,36H,4H2,1-3H3,(H,29,32). The Kier molecular flexibility index (Phi) is 6.15. The number of alkyl halides is 2. The van der Waals surface area contributed by atoms with Crippen LogP contribution in [0.3, 0.4) is 0 Å². The van der Waals surface area contributed by atoms with Gasteiger partial charge >= 0.3 is 0 Å². The molecule has 0 radical (unpaired) electrons. The molecule has 9 nitrogen and oxygen atoms in total. The summed E-state index contributed by atoms with van der Waals surface area (Å²) in [7, 11) is 0. The van der Waals surface area contributed by atoms with Crippen LogP contribution in [0.5, 0.6) is 0 Å². The van der Waals surface area contributed by atoms with Gasteiger partial charge in [-0.15, -0.1) is 5.10 Å². The Balaban J connectivity index is 1.55. The van der Waals surface area contributed by atoms with Crippen molar-refractivity contribution in [3.05, 3.63) is 77.5 Å². The molecule has 36 heavy (non-hydrogen) atoms. The average Bonchev–Trinajstić information content (AvgIpc) is 3.49. The molecule has 0 saturated heterocycles. The summed E-state index contributed by atoms with van der Waals surface area (Å²) >= 11 is 0. The van der Waals surface area contributed by atoms with Gasteiger partial charge in [-0.1, -0.05) is 6.92 Å². The van der Waals surface area contributed by atoms with E-state index in [-0.39, 0.29) is 5.69 Å². The number of hydrogen-bond acceptors (Lipinski definition) is 7. The van der Waals surface area contributed by atoms with E-state index < -0.39 is 12.5 Å². The van der Waals surface area contributed by atoms with Gasteiger partial charge in [0.05, 0.1) is 22.8 Å². The third kappa shape index (κ3) is 4.40. The van der Waals surface area contributed by atoms with Gasteiger partial charge in [0.15, 0.2) is 11.6 Å². The van der Waals surface area contributed by atoms with Crippen LogP contribution in [0, 0.1) is 6.92 Å². The fourth-order valence-corrected chi connectivity index (χ4v) is 3.95. The van der Waals surface area contributed by atoms with Crippen molar-refractivity contribution in [3.63, 3.8) is 0 Å². The molecule has 0 saturated carbocycles. The zero-order valence-electron chi connectivity index (χ0n) is 19.9. The van der Waals surface area contributed by atoms with Crippen LogP contribution in [0.25, 0.3) is 22.7 Å². The van der Waals surface area contributed by atoms with Crippen molar-refractivity contribution >= 4 is 22.5 Å². The van der Waals surface area contributed by atoms with E-state index in [0.29, 0.717) is 35.1 Å². The summed E-state index contributed by atoms with van der Waals surface area (Å²) in [5, 5.41) is 25.8. The van der Waals surface area contributed by atoms with Crippen molar-refractivity contribution in [2.24, 2.45) is 0 Å². The first kappa shape index (κ1) is 23.5. The summed E-state index contributed by atoms with van der Waals surface area (Å²) in [5.41, 5.74) is 3.86.